The predicted molar refractivity (Wildman–Crippen MR) is 109 cm³/mol. The summed E-state index contributed by atoms with van der Waals surface area (Å²) in [7, 11) is 0. The Morgan fingerprint density at radius 2 is 1.93 bits per heavy atom. The Morgan fingerprint density at radius 3 is 2.63 bits per heavy atom. The van der Waals surface area contributed by atoms with Crippen molar-refractivity contribution in [1.29, 1.82) is 0 Å². The van der Waals surface area contributed by atoms with Crippen LogP contribution in [0.4, 0.5) is 24.5 Å². The van der Waals surface area contributed by atoms with E-state index in [4.69, 9.17) is 9.47 Å². The maximum absolute atomic E-state index is 13.2. The van der Waals surface area contributed by atoms with E-state index in [1.165, 1.54) is 6.07 Å². The van der Waals surface area contributed by atoms with E-state index in [0.29, 0.717) is 45.0 Å². The Hall–Kier alpha value is -2.74. The molecule has 1 aliphatic heterocycles. The largest absolute Gasteiger partial charge is 0.494 e. The second kappa shape index (κ2) is 9.84. The molecule has 2 aromatic carbocycles. The Kier molecular flexibility index (Phi) is 7.20. The van der Waals surface area contributed by atoms with Gasteiger partial charge in [0.2, 0.25) is 5.91 Å². The van der Waals surface area contributed by atoms with Crippen LogP contribution in [0.5, 0.6) is 5.75 Å². The molecular weight excluding hydrogens is 397 g/mol. The van der Waals surface area contributed by atoms with Crippen LogP contribution >= 0.6 is 0 Å². The van der Waals surface area contributed by atoms with Gasteiger partial charge >= 0.3 is 6.18 Å². The average molecular weight is 422 g/mol. The van der Waals surface area contributed by atoms with Crippen molar-refractivity contribution in [3.05, 3.63) is 53.6 Å². The van der Waals surface area contributed by atoms with Gasteiger partial charge in [0.15, 0.2) is 0 Å². The Morgan fingerprint density at radius 1 is 1.17 bits per heavy atom. The van der Waals surface area contributed by atoms with Crippen LogP contribution in [0.1, 0.15) is 24.0 Å². The second-order valence-electron chi connectivity index (χ2n) is 7.15. The molecule has 0 aliphatic carbocycles. The monoisotopic (exact) mass is 422 g/mol. The van der Waals surface area contributed by atoms with Crippen LogP contribution in [-0.4, -0.2) is 38.8 Å². The maximum atomic E-state index is 13.2. The number of nitrogens with one attached hydrogen (secondary N) is 1. The molecule has 1 saturated heterocycles. The number of rotatable bonds is 7. The number of nitrogens with zero attached hydrogens (tertiary/aromatic N) is 1. The molecule has 162 valence electrons. The number of ether oxygens (including phenoxy) is 2. The molecule has 0 unspecified atom stereocenters. The van der Waals surface area contributed by atoms with Gasteiger partial charge in [-0.25, -0.2) is 0 Å². The van der Waals surface area contributed by atoms with E-state index in [1.807, 2.05) is 36.1 Å². The Labute approximate surface area is 173 Å². The third-order valence-corrected chi connectivity index (χ3v) is 4.76. The molecule has 1 aliphatic rings. The quantitative estimate of drug-likeness (QED) is 0.660. The van der Waals surface area contributed by atoms with Crippen molar-refractivity contribution >= 4 is 17.3 Å². The fraction of sp³-hybridized carbons (Fsp3) is 0.409. The molecule has 0 spiro atoms. The first-order chi connectivity index (χ1) is 14.3. The van der Waals surface area contributed by atoms with Gasteiger partial charge in [0, 0.05) is 19.5 Å². The van der Waals surface area contributed by atoms with Crippen molar-refractivity contribution in [1.82, 2.24) is 0 Å². The number of morpholine rings is 1. The van der Waals surface area contributed by atoms with Crippen LogP contribution in [0.25, 0.3) is 0 Å². The van der Waals surface area contributed by atoms with E-state index in [-0.39, 0.29) is 18.0 Å². The molecule has 3 rings (SSSR count). The number of benzene rings is 2. The van der Waals surface area contributed by atoms with Crippen molar-refractivity contribution in [3.63, 3.8) is 0 Å². The predicted octanol–water partition coefficient (Wildman–Crippen LogP) is 4.65. The number of carbonyl (C=O) groups excluding carboxylic acids is 1. The highest BCUT2D eigenvalue weighted by atomic mass is 19.4. The SMILES string of the molecule is Cc1cccc(OCCCC(=O)Nc2cc(C(F)(F)F)ccc2N2CCOCC2)c1. The first kappa shape index (κ1) is 22.0. The number of halogens is 3. The molecule has 30 heavy (non-hydrogen) atoms. The standard InChI is InChI=1S/C22H25F3N2O3/c1-16-4-2-5-18(14-16)30-11-3-6-21(28)26-19-15-17(22(23,24)25)7-8-20(19)27-9-12-29-13-10-27/h2,4-5,7-8,14-15H,3,6,9-13H2,1H3,(H,26,28). The molecule has 0 bridgehead atoms. The van der Waals surface area contributed by atoms with Crippen LogP contribution in [0.3, 0.4) is 0 Å². The van der Waals surface area contributed by atoms with Crippen molar-refractivity contribution in [2.45, 2.75) is 25.9 Å². The molecule has 0 radical (unpaired) electrons. The molecule has 1 heterocycles. The maximum Gasteiger partial charge on any atom is 0.416 e. The number of hydrogen-bond donors (Lipinski definition) is 1. The molecule has 1 N–H and O–H groups in total. The van der Waals surface area contributed by atoms with E-state index >= 15 is 0 Å². The first-order valence-corrected chi connectivity index (χ1v) is 9.86. The van der Waals surface area contributed by atoms with Crippen LogP contribution in [0.15, 0.2) is 42.5 Å². The minimum absolute atomic E-state index is 0.143. The van der Waals surface area contributed by atoms with Gasteiger partial charge in [0.25, 0.3) is 0 Å². The minimum Gasteiger partial charge on any atom is -0.494 e. The number of alkyl halides is 3. The molecule has 5 nitrogen and oxygen atoms in total. The lowest BCUT2D eigenvalue weighted by molar-refractivity contribution is -0.137. The highest BCUT2D eigenvalue weighted by Gasteiger charge is 2.31. The van der Waals surface area contributed by atoms with Crippen molar-refractivity contribution in [2.24, 2.45) is 0 Å². The number of hydrogen-bond acceptors (Lipinski definition) is 4. The van der Waals surface area contributed by atoms with Crippen LogP contribution < -0.4 is 15.0 Å². The topological polar surface area (TPSA) is 50.8 Å². The third-order valence-electron chi connectivity index (χ3n) is 4.76. The van der Waals surface area contributed by atoms with E-state index < -0.39 is 11.7 Å². The van der Waals surface area contributed by atoms with Gasteiger partial charge in [0.1, 0.15) is 5.75 Å². The van der Waals surface area contributed by atoms with E-state index in [2.05, 4.69) is 5.32 Å². The zero-order chi connectivity index (χ0) is 21.6. The van der Waals surface area contributed by atoms with Crippen LogP contribution in [-0.2, 0) is 15.7 Å². The van der Waals surface area contributed by atoms with Gasteiger partial charge in [-0.3, -0.25) is 4.79 Å². The summed E-state index contributed by atoms with van der Waals surface area (Å²) in [6.45, 7) is 4.39. The highest BCUT2D eigenvalue weighted by Crippen LogP contribution is 2.35. The number of aryl methyl sites for hydroxylation is 1. The van der Waals surface area contributed by atoms with Gasteiger partial charge in [-0.15, -0.1) is 0 Å². The Bertz CT molecular complexity index is 865. The van der Waals surface area contributed by atoms with Crippen LogP contribution in [0.2, 0.25) is 0 Å². The molecule has 1 fully saturated rings. The number of carbonyl (C=O) groups is 1. The molecule has 0 aromatic heterocycles. The smallest absolute Gasteiger partial charge is 0.416 e. The molecule has 1 amide bonds. The van der Waals surface area contributed by atoms with Crippen molar-refractivity contribution in [2.75, 3.05) is 43.1 Å². The average Bonchev–Trinajstić information content (AvgIpc) is 2.71. The van der Waals surface area contributed by atoms with E-state index in [0.717, 1.165) is 23.4 Å². The highest BCUT2D eigenvalue weighted by molar-refractivity contribution is 5.94. The van der Waals surface area contributed by atoms with E-state index in [1.54, 1.807) is 0 Å². The summed E-state index contributed by atoms with van der Waals surface area (Å²) in [5, 5.41) is 2.65. The molecule has 0 saturated carbocycles. The van der Waals surface area contributed by atoms with Crippen molar-refractivity contribution < 1.29 is 27.4 Å². The summed E-state index contributed by atoms with van der Waals surface area (Å²) in [5.41, 5.74) is 1.01. The van der Waals surface area contributed by atoms with Gasteiger partial charge in [0.05, 0.1) is 36.8 Å². The molecular formula is C22H25F3N2O3. The molecule has 0 atom stereocenters. The van der Waals surface area contributed by atoms with Crippen LogP contribution in [0, 0.1) is 6.92 Å². The molecule has 2 aromatic rings. The fourth-order valence-electron chi connectivity index (χ4n) is 3.23. The second-order valence-corrected chi connectivity index (χ2v) is 7.15. The lowest BCUT2D eigenvalue weighted by Crippen LogP contribution is -2.36. The fourth-order valence-corrected chi connectivity index (χ4v) is 3.23. The van der Waals surface area contributed by atoms with Gasteiger partial charge in [-0.1, -0.05) is 12.1 Å². The summed E-state index contributed by atoms with van der Waals surface area (Å²) < 4.78 is 50.4. The minimum atomic E-state index is -4.48. The zero-order valence-electron chi connectivity index (χ0n) is 16.8. The third kappa shape index (κ3) is 6.13. The zero-order valence-corrected chi connectivity index (χ0v) is 16.8. The number of amides is 1. The first-order valence-electron chi connectivity index (χ1n) is 9.86. The lowest BCUT2D eigenvalue weighted by atomic mass is 10.1. The summed E-state index contributed by atoms with van der Waals surface area (Å²) in [6.07, 6.45) is -3.89. The Balaban J connectivity index is 1.62. The summed E-state index contributed by atoms with van der Waals surface area (Å²) in [4.78, 5) is 14.3. The lowest BCUT2D eigenvalue weighted by Gasteiger charge is -2.31. The molecule has 8 heteroatoms. The van der Waals surface area contributed by atoms with Crippen molar-refractivity contribution in [3.8, 4) is 5.75 Å². The number of anilines is 2. The van der Waals surface area contributed by atoms with Gasteiger partial charge in [-0.05, 0) is 49.2 Å². The summed E-state index contributed by atoms with van der Waals surface area (Å²) >= 11 is 0. The van der Waals surface area contributed by atoms with Gasteiger partial charge in [-0.2, -0.15) is 13.2 Å². The van der Waals surface area contributed by atoms with Gasteiger partial charge < -0.3 is 19.7 Å². The normalized spacial score (nSPS) is 14.5. The van der Waals surface area contributed by atoms with E-state index in [9.17, 15) is 18.0 Å². The summed E-state index contributed by atoms with van der Waals surface area (Å²) in [6, 6.07) is 11.0. The summed E-state index contributed by atoms with van der Waals surface area (Å²) in [5.74, 6) is 0.375.